The van der Waals surface area contributed by atoms with Crippen molar-refractivity contribution in [1.82, 2.24) is 10.6 Å². The summed E-state index contributed by atoms with van der Waals surface area (Å²) >= 11 is 0. The van der Waals surface area contributed by atoms with Crippen LogP contribution in [0.4, 0.5) is 0 Å². The summed E-state index contributed by atoms with van der Waals surface area (Å²) in [5, 5.41) is 14.1. The van der Waals surface area contributed by atoms with Crippen LogP contribution in [0.15, 0.2) is 0 Å². The van der Waals surface area contributed by atoms with E-state index in [0.717, 1.165) is 6.42 Å². The molecule has 0 aliphatic heterocycles. The number of hydrogen-bond acceptors (Lipinski definition) is 3. The molecule has 3 N–H and O–H groups in total. The maximum absolute atomic E-state index is 11.7. The Balaban J connectivity index is 2.22. The molecular weight excluding hydrogens is 284 g/mol. The maximum atomic E-state index is 11.7. The Morgan fingerprint density at radius 3 is 2.32 bits per heavy atom. The van der Waals surface area contributed by atoms with E-state index in [2.05, 4.69) is 10.6 Å². The van der Waals surface area contributed by atoms with Crippen LogP contribution in [0.3, 0.4) is 0 Å². The zero-order valence-corrected chi connectivity index (χ0v) is 13.6. The molecule has 0 saturated heterocycles. The molecule has 126 valence electrons. The summed E-state index contributed by atoms with van der Waals surface area (Å²) in [6.45, 7) is 3.63. The van der Waals surface area contributed by atoms with E-state index < -0.39 is 17.9 Å². The molecule has 6 heteroatoms. The molecule has 1 saturated carbocycles. The molecule has 0 heterocycles. The van der Waals surface area contributed by atoms with Gasteiger partial charge in [0.05, 0.1) is 6.54 Å². The second-order valence-corrected chi connectivity index (χ2v) is 6.55. The summed E-state index contributed by atoms with van der Waals surface area (Å²) in [6.07, 6.45) is 6.58. The molecule has 1 atom stereocenters. The molecule has 0 radical (unpaired) electrons. The standard InChI is InChI=1S/C16H28N2O4/c1-11(2)9-13(16(21)22)18-15(20)10-17-14(19)8-7-12-5-3-4-6-12/h11-13H,3-10H2,1-2H3,(H,17,19)(H,18,20)(H,21,22). The van der Waals surface area contributed by atoms with E-state index in [1.165, 1.54) is 25.7 Å². The molecule has 1 aliphatic rings. The van der Waals surface area contributed by atoms with Crippen molar-refractivity contribution in [3.8, 4) is 0 Å². The molecule has 0 aromatic heterocycles. The fraction of sp³-hybridized carbons (Fsp3) is 0.812. The maximum Gasteiger partial charge on any atom is 0.326 e. The van der Waals surface area contributed by atoms with Gasteiger partial charge in [-0.05, 0) is 24.7 Å². The molecule has 6 nitrogen and oxygen atoms in total. The Morgan fingerprint density at radius 2 is 1.77 bits per heavy atom. The van der Waals surface area contributed by atoms with E-state index in [1.807, 2.05) is 13.8 Å². The van der Waals surface area contributed by atoms with Crippen LogP contribution in [0.25, 0.3) is 0 Å². The number of carboxylic acid groups (broad SMARTS) is 1. The van der Waals surface area contributed by atoms with Crippen molar-refractivity contribution in [3.05, 3.63) is 0 Å². The molecule has 1 aliphatic carbocycles. The third-order valence-electron chi connectivity index (χ3n) is 4.04. The second kappa shape index (κ2) is 9.43. The minimum absolute atomic E-state index is 0.141. The van der Waals surface area contributed by atoms with Gasteiger partial charge in [0.15, 0.2) is 0 Å². The van der Waals surface area contributed by atoms with Crippen LogP contribution in [-0.2, 0) is 14.4 Å². The summed E-state index contributed by atoms with van der Waals surface area (Å²) in [5.74, 6) is -0.834. The van der Waals surface area contributed by atoms with Crippen molar-refractivity contribution in [3.63, 3.8) is 0 Å². The largest absolute Gasteiger partial charge is 0.480 e. The molecule has 1 rings (SSSR count). The predicted octanol–water partition coefficient (Wildman–Crippen LogP) is 1.69. The first kappa shape index (κ1) is 18.5. The van der Waals surface area contributed by atoms with Crippen molar-refractivity contribution in [2.45, 2.75) is 64.8 Å². The normalized spacial score (nSPS) is 16.5. The number of carboxylic acids is 1. The van der Waals surface area contributed by atoms with E-state index in [-0.39, 0.29) is 18.4 Å². The average molecular weight is 312 g/mol. The van der Waals surface area contributed by atoms with Gasteiger partial charge in [-0.1, -0.05) is 39.5 Å². The fourth-order valence-electron chi connectivity index (χ4n) is 2.84. The lowest BCUT2D eigenvalue weighted by molar-refractivity contribution is -0.142. The van der Waals surface area contributed by atoms with Crippen molar-refractivity contribution in [1.29, 1.82) is 0 Å². The number of nitrogens with one attached hydrogen (secondary N) is 2. The van der Waals surface area contributed by atoms with Gasteiger partial charge in [-0.3, -0.25) is 9.59 Å². The number of carbonyl (C=O) groups excluding carboxylic acids is 2. The summed E-state index contributed by atoms with van der Waals surface area (Å²) in [5.41, 5.74) is 0. The van der Waals surface area contributed by atoms with Gasteiger partial charge in [0.25, 0.3) is 0 Å². The number of hydrogen-bond donors (Lipinski definition) is 3. The number of carbonyl (C=O) groups is 3. The van der Waals surface area contributed by atoms with Crippen molar-refractivity contribution < 1.29 is 19.5 Å². The SMILES string of the molecule is CC(C)CC(NC(=O)CNC(=O)CCC1CCCC1)C(=O)O. The first-order chi connectivity index (χ1) is 10.4. The van der Waals surface area contributed by atoms with Crippen LogP contribution in [-0.4, -0.2) is 35.5 Å². The van der Waals surface area contributed by atoms with Crippen LogP contribution in [0.5, 0.6) is 0 Å². The van der Waals surface area contributed by atoms with Gasteiger partial charge in [0.1, 0.15) is 6.04 Å². The average Bonchev–Trinajstić information content (AvgIpc) is 2.94. The van der Waals surface area contributed by atoms with Gasteiger partial charge in [-0.15, -0.1) is 0 Å². The monoisotopic (exact) mass is 312 g/mol. The quantitative estimate of drug-likeness (QED) is 0.603. The van der Waals surface area contributed by atoms with Crippen molar-refractivity contribution in [2.24, 2.45) is 11.8 Å². The number of amides is 2. The van der Waals surface area contributed by atoms with Crippen LogP contribution in [0.1, 0.15) is 58.8 Å². The van der Waals surface area contributed by atoms with E-state index >= 15 is 0 Å². The minimum atomic E-state index is -1.05. The van der Waals surface area contributed by atoms with Gasteiger partial charge < -0.3 is 15.7 Å². The van der Waals surface area contributed by atoms with Crippen LogP contribution < -0.4 is 10.6 Å². The highest BCUT2D eigenvalue weighted by Gasteiger charge is 2.21. The zero-order valence-electron chi connectivity index (χ0n) is 13.6. The molecule has 0 bridgehead atoms. The lowest BCUT2D eigenvalue weighted by Gasteiger charge is -2.16. The molecule has 0 aromatic carbocycles. The van der Waals surface area contributed by atoms with Gasteiger partial charge in [0.2, 0.25) is 11.8 Å². The summed E-state index contributed by atoms with van der Waals surface area (Å²) in [4.78, 5) is 34.5. The summed E-state index contributed by atoms with van der Waals surface area (Å²) in [7, 11) is 0. The lowest BCUT2D eigenvalue weighted by atomic mass is 10.0. The molecule has 2 amide bonds. The first-order valence-corrected chi connectivity index (χ1v) is 8.17. The molecule has 22 heavy (non-hydrogen) atoms. The van der Waals surface area contributed by atoms with Gasteiger partial charge in [-0.25, -0.2) is 4.79 Å². The molecular formula is C16H28N2O4. The van der Waals surface area contributed by atoms with Crippen LogP contribution in [0, 0.1) is 11.8 Å². The van der Waals surface area contributed by atoms with Crippen molar-refractivity contribution >= 4 is 17.8 Å². The van der Waals surface area contributed by atoms with Crippen LogP contribution in [0.2, 0.25) is 0 Å². The summed E-state index contributed by atoms with van der Waals surface area (Å²) in [6, 6.07) is -0.900. The molecule has 1 fully saturated rings. The zero-order chi connectivity index (χ0) is 16.5. The topological polar surface area (TPSA) is 95.5 Å². The lowest BCUT2D eigenvalue weighted by Crippen LogP contribution is -2.46. The predicted molar refractivity (Wildman–Crippen MR) is 83.2 cm³/mol. The Labute approximate surface area is 132 Å². The summed E-state index contributed by atoms with van der Waals surface area (Å²) < 4.78 is 0. The third-order valence-corrected chi connectivity index (χ3v) is 4.04. The van der Waals surface area contributed by atoms with Gasteiger partial charge >= 0.3 is 5.97 Å². The third kappa shape index (κ3) is 7.43. The van der Waals surface area contributed by atoms with Gasteiger partial charge in [0, 0.05) is 6.42 Å². The second-order valence-electron chi connectivity index (χ2n) is 6.55. The Morgan fingerprint density at radius 1 is 1.14 bits per heavy atom. The Hall–Kier alpha value is -1.59. The van der Waals surface area contributed by atoms with E-state index in [4.69, 9.17) is 5.11 Å². The highest BCUT2D eigenvalue weighted by molar-refractivity contribution is 5.87. The molecule has 0 spiro atoms. The first-order valence-electron chi connectivity index (χ1n) is 8.17. The molecule has 0 aromatic rings. The highest BCUT2D eigenvalue weighted by atomic mass is 16.4. The molecule has 1 unspecified atom stereocenters. The van der Waals surface area contributed by atoms with Crippen LogP contribution >= 0.6 is 0 Å². The van der Waals surface area contributed by atoms with Gasteiger partial charge in [-0.2, -0.15) is 0 Å². The van der Waals surface area contributed by atoms with E-state index in [0.29, 0.717) is 18.8 Å². The van der Waals surface area contributed by atoms with Crippen molar-refractivity contribution in [2.75, 3.05) is 6.54 Å². The smallest absolute Gasteiger partial charge is 0.326 e. The minimum Gasteiger partial charge on any atom is -0.480 e. The fourth-order valence-corrected chi connectivity index (χ4v) is 2.84. The Bertz CT molecular complexity index is 390. The van der Waals surface area contributed by atoms with E-state index in [1.54, 1.807) is 0 Å². The highest BCUT2D eigenvalue weighted by Crippen LogP contribution is 2.28. The Kier molecular flexibility index (Phi) is 7.91. The number of aliphatic carboxylic acids is 1. The van der Waals surface area contributed by atoms with E-state index in [9.17, 15) is 14.4 Å². The number of rotatable bonds is 9.